The lowest BCUT2D eigenvalue weighted by Crippen LogP contribution is -2.53. The lowest BCUT2D eigenvalue weighted by molar-refractivity contribution is -0.145. The van der Waals surface area contributed by atoms with Gasteiger partial charge in [-0.2, -0.15) is 0 Å². The van der Waals surface area contributed by atoms with Gasteiger partial charge >= 0.3 is 24.0 Å². The van der Waals surface area contributed by atoms with Crippen LogP contribution in [0, 0.1) is 0 Å². The van der Waals surface area contributed by atoms with Gasteiger partial charge in [-0.15, -0.1) is 11.3 Å². The SMILES string of the molecule is CCOC(=O)COc1c(C(=O)O)sc(-c2cccc(N(C(=O)NCc3ccccc3)C3CCN(C(=O)NCc4ccccc4)CC3)c2)c1Br. The quantitative estimate of drug-likeness (QED) is 0.134. The first-order chi connectivity index (χ1) is 23.7. The molecule has 13 heteroatoms. The monoisotopic (exact) mass is 748 g/mol. The number of rotatable bonds is 12. The number of halogens is 1. The second kappa shape index (κ2) is 17.0. The molecule has 0 saturated carbocycles. The lowest BCUT2D eigenvalue weighted by atomic mass is 10.0. The first-order valence-corrected chi connectivity index (χ1v) is 17.5. The number of likely N-dealkylation sites (tertiary alicyclic amines) is 1. The van der Waals surface area contributed by atoms with Gasteiger partial charge in [-0.25, -0.2) is 19.2 Å². The number of ether oxygens (including phenoxy) is 2. The highest BCUT2D eigenvalue weighted by Gasteiger charge is 2.32. The fourth-order valence-corrected chi connectivity index (χ4v) is 7.44. The van der Waals surface area contributed by atoms with Crippen molar-refractivity contribution in [2.75, 3.05) is 31.2 Å². The molecule has 0 atom stereocenters. The number of carbonyl (C=O) groups excluding carboxylic acids is 3. The Labute approximate surface area is 297 Å². The molecule has 3 N–H and O–H groups in total. The van der Waals surface area contributed by atoms with Crippen LogP contribution >= 0.6 is 27.3 Å². The van der Waals surface area contributed by atoms with E-state index in [1.807, 2.05) is 78.9 Å². The molecule has 49 heavy (non-hydrogen) atoms. The van der Waals surface area contributed by atoms with Crippen LogP contribution in [-0.2, 0) is 22.6 Å². The first-order valence-electron chi connectivity index (χ1n) is 15.9. The predicted octanol–water partition coefficient (Wildman–Crippen LogP) is 6.91. The minimum atomic E-state index is -1.20. The molecule has 1 fully saturated rings. The van der Waals surface area contributed by atoms with Gasteiger partial charge in [-0.3, -0.25) is 4.90 Å². The molecule has 4 amide bonds. The number of thiophene rings is 1. The van der Waals surface area contributed by atoms with E-state index in [1.54, 1.807) is 22.8 Å². The molecular weight excluding hydrogens is 712 g/mol. The maximum Gasteiger partial charge on any atom is 0.349 e. The molecule has 0 spiro atoms. The zero-order chi connectivity index (χ0) is 34.8. The molecule has 1 aromatic heterocycles. The number of nitrogens with zero attached hydrogens (tertiary/aromatic N) is 2. The summed E-state index contributed by atoms with van der Waals surface area (Å²) in [5.74, 6) is -1.79. The number of anilines is 1. The van der Waals surface area contributed by atoms with E-state index in [1.165, 1.54) is 0 Å². The molecule has 256 valence electrons. The molecule has 0 unspecified atom stereocenters. The summed E-state index contributed by atoms with van der Waals surface area (Å²) in [6, 6.07) is 26.0. The van der Waals surface area contributed by atoms with E-state index in [4.69, 9.17) is 9.47 Å². The van der Waals surface area contributed by atoms with E-state index >= 15 is 0 Å². The number of hydrogen-bond donors (Lipinski definition) is 3. The van der Waals surface area contributed by atoms with Crippen molar-refractivity contribution in [2.45, 2.75) is 38.9 Å². The number of piperidine rings is 1. The summed E-state index contributed by atoms with van der Waals surface area (Å²) >= 11 is 4.49. The number of esters is 1. The van der Waals surface area contributed by atoms with Gasteiger partial charge in [0.1, 0.15) is 0 Å². The number of hydrogen-bond acceptors (Lipinski definition) is 7. The third-order valence-electron chi connectivity index (χ3n) is 7.94. The standard InChI is InChI=1S/C36H37BrN4O7S/c1-2-47-29(42)23-48-31-30(37)32(49-33(31)34(43)44)26-14-9-15-28(20-26)41(36(46)39-22-25-12-7-4-8-13-25)27-16-18-40(19-17-27)35(45)38-21-24-10-5-3-6-11-24/h3-15,20,27H,2,16-19,21-23H2,1H3,(H,38,45)(H,39,46)(H,43,44). The second-order valence-corrected chi connectivity index (χ2v) is 13.0. The summed E-state index contributed by atoms with van der Waals surface area (Å²) in [5, 5.41) is 15.9. The number of carboxylic acid groups (broad SMARTS) is 1. The van der Waals surface area contributed by atoms with Gasteiger partial charge in [0.2, 0.25) is 0 Å². The average Bonchev–Trinajstić information content (AvgIpc) is 3.46. The van der Waals surface area contributed by atoms with Gasteiger partial charge < -0.3 is 30.1 Å². The zero-order valence-electron chi connectivity index (χ0n) is 26.9. The average molecular weight is 750 g/mol. The second-order valence-electron chi connectivity index (χ2n) is 11.2. The first kappa shape index (κ1) is 35.4. The largest absolute Gasteiger partial charge is 0.479 e. The van der Waals surface area contributed by atoms with Crippen molar-refractivity contribution in [3.05, 3.63) is 105 Å². The number of carbonyl (C=O) groups is 4. The van der Waals surface area contributed by atoms with Gasteiger partial charge in [0.05, 0.1) is 16.0 Å². The van der Waals surface area contributed by atoms with E-state index in [0.29, 0.717) is 59.6 Å². The van der Waals surface area contributed by atoms with E-state index in [0.717, 1.165) is 22.5 Å². The highest BCUT2D eigenvalue weighted by Crippen LogP contribution is 2.46. The van der Waals surface area contributed by atoms with Crippen LogP contribution in [0.3, 0.4) is 0 Å². The minimum Gasteiger partial charge on any atom is -0.479 e. The molecule has 11 nitrogen and oxygen atoms in total. The Morgan fingerprint density at radius 3 is 2.16 bits per heavy atom. The summed E-state index contributed by atoms with van der Waals surface area (Å²) in [6.45, 7) is 3.09. The van der Waals surface area contributed by atoms with Gasteiger partial charge in [0.25, 0.3) is 0 Å². The van der Waals surface area contributed by atoms with Crippen LogP contribution in [0.25, 0.3) is 10.4 Å². The minimum absolute atomic E-state index is 0.0290. The number of nitrogens with one attached hydrogen (secondary N) is 2. The Bertz CT molecular complexity index is 1760. The molecule has 4 aromatic rings. The summed E-state index contributed by atoms with van der Waals surface area (Å²) < 4.78 is 10.9. The maximum atomic E-state index is 13.9. The Morgan fingerprint density at radius 1 is 0.918 bits per heavy atom. The van der Waals surface area contributed by atoms with Gasteiger partial charge in [-0.05, 0) is 64.5 Å². The molecule has 0 radical (unpaired) electrons. The normalized spacial score (nSPS) is 13.0. The van der Waals surface area contributed by atoms with Gasteiger partial charge in [-0.1, -0.05) is 72.8 Å². The van der Waals surface area contributed by atoms with Crippen LogP contribution in [0.4, 0.5) is 15.3 Å². The molecular formula is C36H37BrN4O7S. The molecule has 0 aliphatic carbocycles. The molecule has 0 bridgehead atoms. The number of benzene rings is 3. The molecule has 3 aromatic carbocycles. The third-order valence-corrected chi connectivity index (χ3v) is 10.2. The van der Waals surface area contributed by atoms with E-state index < -0.39 is 18.5 Å². The predicted molar refractivity (Wildman–Crippen MR) is 191 cm³/mol. The van der Waals surface area contributed by atoms with Crippen LogP contribution in [0.5, 0.6) is 5.75 Å². The highest BCUT2D eigenvalue weighted by atomic mass is 79.9. The summed E-state index contributed by atoms with van der Waals surface area (Å²) in [7, 11) is 0. The molecule has 1 saturated heterocycles. The van der Waals surface area contributed by atoms with Crippen LogP contribution < -0.4 is 20.3 Å². The Kier molecular flexibility index (Phi) is 12.3. The van der Waals surface area contributed by atoms with Crippen molar-refractivity contribution in [3.63, 3.8) is 0 Å². The van der Waals surface area contributed by atoms with Gasteiger partial charge in [0, 0.05) is 37.9 Å². The van der Waals surface area contributed by atoms with Crippen molar-refractivity contribution in [3.8, 4) is 16.2 Å². The fraction of sp³-hybridized carbons (Fsp3) is 0.278. The summed E-state index contributed by atoms with van der Waals surface area (Å²) in [5.41, 5.74) is 3.23. The van der Waals surface area contributed by atoms with Crippen LogP contribution in [-0.4, -0.2) is 66.4 Å². The van der Waals surface area contributed by atoms with E-state index in [2.05, 4.69) is 26.6 Å². The smallest absolute Gasteiger partial charge is 0.349 e. The van der Waals surface area contributed by atoms with Crippen LogP contribution in [0.1, 0.15) is 40.6 Å². The summed E-state index contributed by atoms with van der Waals surface area (Å²) in [6.07, 6.45) is 1.11. The van der Waals surface area contributed by atoms with Crippen molar-refractivity contribution in [2.24, 2.45) is 0 Å². The summed E-state index contributed by atoms with van der Waals surface area (Å²) in [4.78, 5) is 55.0. The van der Waals surface area contributed by atoms with Crippen molar-refractivity contribution in [1.82, 2.24) is 15.5 Å². The van der Waals surface area contributed by atoms with Gasteiger partial charge in [0.15, 0.2) is 17.2 Å². The van der Waals surface area contributed by atoms with Crippen LogP contribution in [0.2, 0.25) is 0 Å². The molecule has 1 aliphatic rings. The van der Waals surface area contributed by atoms with E-state index in [9.17, 15) is 24.3 Å². The molecule has 1 aliphatic heterocycles. The highest BCUT2D eigenvalue weighted by molar-refractivity contribution is 9.10. The topological polar surface area (TPSA) is 138 Å². The lowest BCUT2D eigenvalue weighted by Gasteiger charge is -2.38. The molecule has 5 rings (SSSR count). The number of carboxylic acids is 1. The van der Waals surface area contributed by atoms with Crippen molar-refractivity contribution < 1.29 is 33.8 Å². The number of amides is 4. The van der Waals surface area contributed by atoms with Crippen molar-refractivity contribution >= 4 is 57.0 Å². The Morgan fingerprint density at radius 2 is 1.55 bits per heavy atom. The molecule has 2 heterocycles. The zero-order valence-corrected chi connectivity index (χ0v) is 29.3. The van der Waals surface area contributed by atoms with Crippen molar-refractivity contribution in [1.29, 1.82) is 0 Å². The van der Waals surface area contributed by atoms with E-state index in [-0.39, 0.29) is 35.3 Å². The Hall–Kier alpha value is -4.88. The number of urea groups is 2. The number of aromatic carboxylic acids is 1. The Balaban J connectivity index is 1.37. The third kappa shape index (κ3) is 9.18. The fourth-order valence-electron chi connectivity index (χ4n) is 5.55. The van der Waals surface area contributed by atoms with Crippen LogP contribution in [0.15, 0.2) is 89.4 Å². The maximum absolute atomic E-state index is 13.9.